The van der Waals surface area contributed by atoms with E-state index in [1.807, 2.05) is 54.6 Å². The number of nitrogens with one attached hydrogen (secondary N) is 2. The van der Waals surface area contributed by atoms with E-state index in [9.17, 15) is 14.7 Å². The molecule has 1 aliphatic rings. The van der Waals surface area contributed by atoms with Crippen LogP contribution in [0.25, 0.3) is 0 Å². The summed E-state index contributed by atoms with van der Waals surface area (Å²) in [7, 11) is 0. The van der Waals surface area contributed by atoms with Crippen molar-refractivity contribution in [2.75, 3.05) is 24.2 Å². The fraction of sp³-hybridized carbons (Fsp3) is 0.321. The van der Waals surface area contributed by atoms with Crippen LogP contribution in [0.4, 0.5) is 10.5 Å². The van der Waals surface area contributed by atoms with Crippen molar-refractivity contribution in [3.63, 3.8) is 0 Å². The van der Waals surface area contributed by atoms with E-state index in [1.165, 1.54) is 0 Å². The van der Waals surface area contributed by atoms with Gasteiger partial charge in [0.15, 0.2) is 6.29 Å². The van der Waals surface area contributed by atoms with Crippen LogP contribution in [0.3, 0.4) is 0 Å². The van der Waals surface area contributed by atoms with Crippen molar-refractivity contribution in [2.45, 2.75) is 43.5 Å². The SMILES string of the molecule is CCOC(=O)CNC(=O)Nc1ccc(C2OC(CSc3ccccn3)CC(c3ccc(CO)cc3)O2)cc1. The molecule has 0 aliphatic carbocycles. The van der Waals surface area contributed by atoms with Crippen LogP contribution in [0, 0.1) is 0 Å². The number of carbonyl (C=O) groups excluding carboxylic acids is 2. The third kappa shape index (κ3) is 8.03. The molecule has 3 unspecified atom stereocenters. The number of urea groups is 1. The van der Waals surface area contributed by atoms with Crippen LogP contribution < -0.4 is 10.6 Å². The van der Waals surface area contributed by atoms with E-state index < -0.39 is 18.3 Å². The monoisotopic (exact) mass is 537 g/mol. The highest BCUT2D eigenvalue weighted by atomic mass is 32.2. The lowest BCUT2D eigenvalue weighted by molar-refractivity contribution is -0.245. The number of aliphatic hydroxyl groups is 1. The van der Waals surface area contributed by atoms with Gasteiger partial charge < -0.3 is 30.0 Å². The highest BCUT2D eigenvalue weighted by molar-refractivity contribution is 7.99. The molecule has 9 nitrogen and oxygen atoms in total. The summed E-state index contributed by atoms with van der Waals surface area (Å²) in [5.74, 6) is 0.212. The number of carbonyl (C=O) groups is 2. The fourth-order valence-corrected chi connectivity index (χ4v) is 4.78. The summed E-state index contributed by atoms with van der Waals surface area (Å²) in [6.45, 7) is 1.74. The summed E-state index contributed by atoms with van der Waals surface area (Å²) in [5, 5.41) is 15.5. The van der Waals surface area contributed by atoms with Gasteiger partial charge in [0, 0.05) is 29.6 Å². The maximum atomic E-state index is 12.1. The molecule has 1 aliphatic heterocycles. The number of esters is 1. The Morgan fingerprint density at radius 2 is 1.82 bits per heavy atom. The molecular formula is C28H31N3O6S. The largest absolute Gasteiger partial charge is 0.465 e. The van der Waals surface area contributed by atoms with Crippen LogP contribution in [-0.4, -0.2) is 47.1 Å². The summed E-state index contributed by atoms with van der Waals surface area (Å²) < 4.78 is 17.5. The zero-order valence-electron chi connectivity index (χ0n) is 21.0. The van der Waals surface area contributed by atoms with Crippen LogP contribution >= 0.6 is 11.8 Å². The van der Waals surface area contributed by atoms with Gasteiger partial charge in [0.25, 0.3) is 0 Å². The molecule has 4 rings (SSSR count). The van der Waals surface area contributed by atoms with Crippen molar-refractivity contribution < 1.29 is 28.9 Å². The molecule has 0 radical (unpaired) electrons. The highest BCUT2D eigenvalue weighted by Crippen LogP contribution is 2.39. The number of ether oxygens (including phenoxy) is 3. The van der Waals surface area contributed by atoms with Gasteiger partial charge in [-0.25, -0.2) is 9.78 Å². The average molecular weight is 538 g/mol. The van der Waals surface area contributed by atoms with Gasteiger partial charge in [-0.2, -0.15) is 0 Å². The van der Waals surface area contributed by atoms with Crippen molar-refractivity contribution in [2.24, 2.45) is 0 Å². The van der Waals surface area contributed by atoms with Crippen molar-refractivity contribution in [1.82, 2.24) is 10.3 Å². The van der Waals surface area contributed by atoms with Crippen LogP contribution in [0.2, 0.25) is 0 Å². The standard InChI is InChI=1S/C28H31N3O6S/c1-2-35-26(33)16-30-28(34)31-22-12-10-21(11-13-22)27-36-23(18-38-25-5-3-4-14-29-25)15-24(37-27)20-8-6-19(17-32)7-9-20/h3-14,23-24,27,32H,2,15-18H2,1H3,(H2,30,31,34). The van der Waals surface area contributed by atoms with Gasteiger partial charge in [0.1, 0.15) is 6.54 Å². The second kappa shape index (κ2) is 13.9. The van der Waals surface area contributed by atoms with Gasteiger partial charge in [-0.1, -0.05) is 42.5 Å². The Kier molecular flexibility index (Phi) is 10.1. The van der Waals surface area contributed by atoms with Crippen LogP contribution in [0.1, 0.15) is 42.4 Å². The molecule has 0 saturated carbocycles. The Morgan fingerprint density at radius 1 is 1.05 bits per heavy atom. The summed E-state index contributed by atoms with van der Waals surface area (Å²) in [6.07, 6.45) is 1.56. The third-order valence-electron chi connectivity index (χ3n) is 5.81. The van der Waals surface area contributed by atoms with Gasteiger partial charge in [-0.3, -0.25) is 4.79 Å². The van der Waals surface area contributed by atoms with Gasteiger partial charge in [-0.05, 0) is 42.3 Å². The molecule has 3 aromatic rings. The van der Waals surface area contributed by atoms with Crippen LogP contribution in [0.15, 0.2) is 78.0 Å². The first-order chi connectivity index (χ1) is 18.5. The zero-order chi connectivity index (χ0) is 26.7. The molecule has 1 aromatic heterocycles. The number of rotatable bonds is 10. The lowest BCUT2D eigenvalue weighted by atomic mass is 10.0. The average Bonchev–Trinajstić information content (AvgIpc) is 2.96. The van der Waals surface area contributed by atoms with Crippen molar-refractivity contribution >= 4 is 29.4 Å². The molecule has 0 bridgehead atoms. The fourth-order valence-electron chi connectivity index (χ4n) is 3.90. The number of hydrogen-bond donors (Lipinski definition) is 3. The maximum absolute atomic E-state index is 12.1. The Balaban J connectivity index is 1.42. The van der Waals surface area contributed by atoms with Crippen molar-refractivity contribution in [3.8, 4) is 0 Å². The van der Waals surface area contributed by atoms with E-state index in [1.54, 1.807) is 37.0 Å². The summed E-state index contributed by atoms with van der Waals surface area (Å²) in [5.41, 5.74) is 3.23. The smallest absolute Gasteiger partial charge is 0.325 e. The van der Waals surface area contributed by atoms with Gasteiger partial charge in [-0.15, -0.1) is 11.8 Å². The second-order valence-electron chi connectivity index (χ2n) is 8.56. The minimum atomic E-state index is -0.604. The summed E-state index contributed by atoms with van der Waals surface area (Å²) in [6, 6.07) is 20.2. The zero-order valence-corrected chi connectivity index (χ0v) is 21.9. The van der Waals surface area contributed by atoms with Crippen molar-refractivity contribution in [1.29, 1.82) is 0 Å². The number of aromatic nitrogens is 1. The predicted octanol–water partition coefficient (Wildman–Crippen LogP) is 4.60. The van der Waals surface area contributed by atoms with Gasteiger partial charge in [0.05, 0.1) is 30.4 Å². The number of pyridine rings is 1. The van der Waals surface area contributed by atoms with E-state index in [-0.39, 0.29) is 32.0 Å². The first kappa shape index (κ1) is 27.6. The molecule has 1 fully saturated rings. The van der Waals surface area contributed by atoms with Crippen LogP contribution in [0.5, 0.6) is 0 Å². The molecular weight excluding hydrogens is 506 g/mol. The molecule has 0 spiro atoms. The first-order valence-electron chi connectivity index (χ1n) is 12.4. The topological polar surface area (TPSA) is 119 Å². The maximum Gasteiger partial charge on any atom is 0.325 e. The number of thioether (sulfide) groups is 1. The molecule has 1 saturated heterocycles. The van der Waals surface area contributed by atoms with E-state index in [0.29, 0.717) is 17.9 Å². The minimum absolute atomic E-state index is 0.0118. The van der Waals surface area contributed by atoms with E-state index in [0.717, 1.165) is 21.7 Å². The Labute approximate surface area is 225 Å². The third-order valence-corrected chi connectivity index (χ3v) is 6.88. The molecule has 2 aromatic carbocycles. The molecule has 2 heterocycles. The predicted molar refractivity (Wildman–Crippen MR) is 143 cm³/mol. The number of benzene rings is 2. The summed E-state index contributed by atoms with van der Waals surface area (Å²) in [4.78, 5) is 27.9. The van der Waals surface area contributed by atoms with Gasteiger partial charge in [0.2, 0.25) is 0 Å². The Morgan fingerprint density at radius 3 is 2.50 bits per heavy atom. The quantitative estimate of drug-likeness (QED) is 0.254. The Hall–Kier alpha value is -3.44. The molecule has 3 N–H and O–H groups in total. The number of hydrogen-bond acceptors (Lipinski definition) is 8. The van der Waals surface area contributed by atoms with E-state index in [4.69, 9.17) is 14.2 Å². The minimum Gasteiger partial charge on any atom is -0.465 e. The molecule has 200 valence electrons. The summed E-state index contributed by atoms with van der Waals surface area (Å²) >= 11 is 1.63. The van der Waals surface area contributed by atoms with Gasteiger partial charge >= 0.3 is 12.0 Å². The number of anilines is 1. The highest BCUT2D eigenvalue weighted by Gasteiger charge is 2.32. The lowest BCUT2D eigenvalue weighted by Crippen LogP contribution is -2.34. The molecule has 38 heavy (non-hydrogen) atoms. The van der Waals surface area contributed by atoms with Crippen LogP contribution in [-0.2, 0) is 25.6 Å². The Bertz CT molecular complexity index is 1180. The lowest BCUT2D eigenvalue weighted by Gasteiger charge is -2.36. The second-order valence-corrected chi connectivity index (χ2v) is 9.60. The number of amides is 2. The number of nitrogens with zero attached hydrogens (tertiary/aromatic N) is 1. The molecule has 3 atom stereocenters. The van der Waals surface area contributed by atoms with Crippen molar-refractivity contribution in [3.05, 3.63) is 89.6 Å². The number of aliphatic hydroxyl groups excluding tert-OH is 1. The molecule has 2 amide bonds. The van der Waals surface area contributed by atoms with E-state index >= 15 is 0 Å². The first-order valence-corrected chi connectivity index (χ1v) is 13.4. The van der Waals surface area contributed by atoms with E-state index in [2.05, 4.69) is 15.6 Å². The normalized spacial score (nSPS) is 18.9. The molecule has 10 heteroatoms.